The summed E-state index contributed by atoms with van der Waals surface area (Å²) in [5.74, 6) is -1.39. The molecule has 1 unspecified atom stereocenters. The van der Waals surface area contributed by atoms with Crippen molar-refractivity contribution < 1.29 is 34.0 Å². The molecular formula is C15H14O7. The van der Waals surface area contributed by atoms with E-state index in [0.717, 1.165) is 0 Å². The molecule has 7 heteroatoms. The van der Waals surface area contributed by atoms with Crippen LogP contribution in [0.5, 0.6) is 17.2 Å². The van der Waals surface area contributed by atoms with Crippen LogP contribution in [0.2, 0.25) is 0 Å². The van der Waals surface area contributed by atoms with Gasteiger partial charge in [-0.05, 0) is 6.07 Å². The molecule has 0 aliphatic heterocycles. The van der Waals surface area contributed by atoms with E-state index in [1.54, 1.807) is 0 Å². The lowest BCUT2D eigenvalue weighted by atomic mass is 9.83. The van der Waals surface area contributed by atoms with Gasteiger partial charge >= 0.3 is 0 Å². The molecule has 0 amide bonds. The number of ketones is 1. The Labute approximate surface area is 125 Å². The van der Waals surface area contributed by atoms with Crippen LogP contribution in [0.15, 0.2) is 16.7 Å². The van der Waals surface area contributed by atoms with Crippen LogP contribution in [0.25, 0.3) is 0 Å². The third-order valence-corrected chi connectivity index (χ3v) is 3.76. The maximum absolute atomic E-state index is 12.7. The van der Waals surface area contributed by atoms with Crippen LogP contribution in [0.4, 0.5) is 0 Å². The van der Waals surface area contributed by atoms with Gasteiger partial charge in [0.25, 0.3) is 0 Å². The second-order valence-corrected chi connectivity index (χ2v) is 4.83. The predicted molar refractivity (Wildman–Crippen MR) is 73.2 cm³/mol. The Kier molecular flexibility index (Phi) is 3.31. The summed E-state index contributed by atoms with van der Waals surface area (Å²) in [6, 6.07) is 1.31. The van der Waals surface area contributed by atoms with Gasteiger partial charge in [-0.3, -0.25) is 4.79 Å². The molecule has 2 aromatic rings. The molecule has 0 radical (unpaired) electrons. The first-order valence-corrected chi connectivity index (χ1v) is 6.46. The highest BCUT2D eigenvalue weighted by Crippen LogP contribution is 2.49. The fraction of sp³-hybridized carbons (Fsp3) is 0.267. The number of benzene rings is 1. The Balaban J connectivity index is 2.33. The van der Waals surface area contributed by atoms with Crippen molar-refractivity contribution in [2.75, 3.05) is 14.2 Å². The highest BCUT2D eigenvalue weighted by Gasteiger charge is 2.39. The molecule has 1 aromatic heterocycles. The molecule has 3 N–H and O–H groups in total. The van der Waals surface area contributed by atoms with E-state index >= 15 is 0 Å². The average Bonchev–Trinajstić information content (AvgIpc) is 2.92. The minimum atomic E-state index is -0.713. The number of phenolic OH excluding ortho intramolecular Hbond substituents is 2. The number of phenols is 2. The fourth-order valence-electron chi connectivity index (χ4n) is 2.83. The van der Waals surface area contributed by atoms with Crippen LogP contribution in [0, 0.1) is 0 Å². The van der Waals surface area contributed by atoms with Crippen molar-refractivity contribution in [2.45, 2.75) is 12.7 Å². The van der Waals surface area contributed by atoms with Crippen molar-refractivity contribution in [2.24, 2.45) is 0 Å². The molecule has 1 atom stereocenters. The molecule has 3 rings (SSSR count). The first kappa shape index (κ1) is 14.4. The SMILES string of the molecule is COc1c(O)cc2c(c1O)C(=O)c1c(coc1CO)C2OC. The highest BCUT2D eigenvalue weighted by atomic mass is 16.5. The smallest absolute Gasteiger partial charge is 0.203 e. The number of ether oxygens (including phenoxy) is 2. The highest BCUT2D eigenvalue weighted by molar-refractivity contribution is 6.15. The number of fused-ring (bicyclic) bond motifs is 2. The Morgan fingerprint density at radius 1 is 1.23 bits per heavy atom. The van der Waals surface area contributed by atoms with Gasteiger partial charge in [0.2, 0.25) is 11.5 Å². The Hall–Kier alpha value is -2.51. The minimum absolute atomic E-state index is 0.0369. The first-order valence-electron chi connectivity index (χ1n) is 6.46. The summed E-state index contributed by atoms with van der Waals surface area (Å²) in [5.41, 5.74) is 0.865. The van der Waals surface area contributed by atoms with Crippen LogP contribution in [-0.4, -0.2) is 35.3 Å². The van der Waals surface area contributed by atoms with E-state index in [0.29, 0.717) is 11.1 Å². The summed E-state index contributed by atoms with van der Waals surface area (Å²) in [5, 5.41) is 29.5. The summed E-state index contributed by atoms with van der Waals surface area (Å²) in [6.07, 6.45) is 0.614. The van der Waals surface area contributed by atoms with Crippen molar-refractivity contribution in [1.29, 1.82) is 0 Å². The summed E-state index contributed by atoms with van der Waals surface area (Å²) in [4.78, 5) is 12.7. The lowest BCUT2D eigenvalue weighted by molar-refractivity contribution is 0.0978. The lowest BCUT2D eigenvalue weighted by Crippen LogP contribution is -2.20. The van der Waals surface area contributed by atoms with Crippen molar-refractivity contribution in [3.8, 4) is 17.2 Å². The van der Waals surface area contributed by atoms with Crippen molar-refractivity contribution in [3.63, 3.8) is 0 Å². The summed E-state index contributed by atoms with van der Waals surface area (Å²) in [7, 11) is 2.70. The third kappa shape index (κ3) is 1.73. The predicted octanol–water partition coefficient (Wildman–Crippen LogP) is 1.47. The Morgan fingerprint density at radius 3 is 2.55 bits per heavy atom. The van der Waals surface area contributed by atoms with Crippen LogP contribution >= 0.6 is 0 Å². The van der Waals surface area contributed by atoms with Crippen LogP contribution < -0.4 is 4.74 Å². The van der Waals surface area contributed by atoms with E-state index in [4.69, 9.17) is 13.9 Å². The lowest BCUT2D eigenvalue weighted by Gasteiger charge is -2.25. The molecule has 1 aromatic carbocycles. The molecule has 22 heavy (non-hydrogen) atoms. The van der Waals surface area contributed by atoms with E-state index in [2.05, 4.69) is 0 Å². The second-order valence-electron chi connectivity index (χ2n) is 4.83. The van der Waals surface area contributed by atoms with Gasteiger partial charge in [-0.25, -0.2) is 0 Å². The van der Waals surface area contributed by atoms with Crippen molar-refractivity contribution >= 4 is 5.78 Å². The maximum Gasteiger partial charge on any atom is 0.203 e. The quantitative estimate of drug-likeness (QED) is 0.787. The molecule has 7 nitrogen and oxygen atoms in total. The number of carbonyl (C=O) groups excluding carboxylic acids is 1. The van der Waals surface area contributed by atoms with E-state index < -0.39 is 24.2 Å². The van der Waals surface area contributed by atoms with E-state index in [-0.39, 0.29) is 28.4 Å². The Bertz CT molecular complexity index is 760. The molecule has 1 heterocycles. The van der Waals surface area contributed by atoms with Crippen LogP contribution in [0.3, 0.4) is 0 Å². The van der Waals surface area contributed by atoms with Gasteiger partial charge in [0.15, 0.2) is 11.5 Å². The number of aliphatic hydroxyl groups excluding tert-OH is 1. The minimum Gasteiger partial charge on any atom is -0.504 e. The standard InChI is InChI=1S/C15H14O7/c1-20-14-6-3-8(17)15(21-2)13(19)11(6)12(18)10-7(14)5-22-9(10)4-16/h3,5,14,16-17,19H,4H2,1-2H3. The maximum atomic E-state index is 12.7. The molecule has 0 fully saturated rings. The molecule has 0 spiro atoms. The number of furan rings is 1. The number of rotatable bonds is 3. The monoisotopic (exact) mass is 306 g/mol. The van der Waals surface area contributed by atoms with E-state index in [1.807, 2.05) is 0 Å². The first-order chi connectivity index (χ1) is 10.5. The number of hydrogen-bond donors (Lipinski definition) is 3. The Morgan fingerprint density at radius 2 is 1.95 bits per heavy atom. The average molecular weight is 306 g/mol. The second kappa shape index (κ2) is 5.04. The molecule has 116 valence electrons. The fourth-order valence-corrected chi connectivity index (χ4v) is 2.83. The van der Waals surface area contributed by atoms with Gasteiger partial charge < -0.3 is 29.2 Å². The third-order valence-electron chi connectivity index (χ3n) is 3.76. The number of aliphatic hydroxyl groups is 1. The molecule has 1 aliphatic rings. The zero-order valence-corrected chi connectivity index (χ0v) is 11.9. The van der Waals surface area contributed by atoms with Gasteiger partial charge in [-0.2, -0.15) is 0 Å². The number of methoxy groups -OCH3 is 2. The topological polar surface area (TPSA) is 109 Å². The summed E-state index contributed by atoms with van der Waals surface area (Å²) in [6.45, 7) is -0.456. The van der Waals surface area contributed by atoms with Gasteiger partial charge in [0.1, 0.15) is 18.5 Å². The number of aromatic hydroxyl groups is 2. The zero-order chi connectivity index (χ0) is 16.0. The van der Waals surface area contributed by atoms with Gasteiger partial charge in [-0.15, -0.1) is 0 Å². The number of hydrogen-bond acceptors (Lipinski definition) is 7. The van der Waals surface area contributed by atoms with Crippen LogP contribution in [-0.2, 0) is 11.3 Å². The molecule has 1 aliphatic carbocycles. The molecule has 0 saturated heterocycles. The van der Waals surface area contributed by atoms with Crippen molar-refractivity contribution in [3.05, 3.63) is 40.3 Å². The van der Waals surface area contributed by atoms with E-state index in [1.165, 1.54) is 26.5 Å². The van der Waals surface area contributed by atoms with Gasteiger partial charge in [0.05, 0.1) is 24.5 Å². The molecule has 0 bridgehead atoms. The van der Waals surface area contributed by atoms with E-state index in [9.17, 15) is 20.1 Å². The summed E-state index contributed by atoms with van der Waals surface area (Å²) < 4.78 is 15.5. The van der Waals surface area contributed by atoms with Gasteiger partial charge in [0, 0.05) is 18.2 Å². The summed E-state index contributed by atoms with van der Waals surface area (Å²) >= 11 is 0. The van der Waals surface area contributed by atoms with Crippen molar-refractivity contribution in [1.82, 2.24) is 0 Å². The normalized spacial score (nSPS) is 16.3. The van der Waals surface area contributed by atoms with Crippen LogP contribution in [0.1, 0.15) is 38.9 Å². The van der Waals surface area contributed by atoms with Gasteiger partial charge in [-0.1, -0.05) is 0 Å². The number of carbonyl (C=O) groups is 1. The largest absolute Gasteiger partial charge is 0.504 e. The molecule has 0 saturated carbocycles. The molecular weight excluding hydrogens is 292 g/mol. The zero-order valence-electron chi connectivity index (χ0n) is 11.9.